The van der Waals surface area contributed by atoms with Gasteiger partial charge in [-0.2, -0.15) is 0 Å². The van der Waals surface area contributed by atoms with Crippen molar-refractivity contribution in [3.63, 3.8) is 0 Å². The molecule has 3 amide bonds. The Hall–Kier alpha value is -2.20. The Morgan fingerprint density at radius 2 is 1.62 bits per heavy atom. The monoisotopic (exact) mass is 537 g/mol. The van der Waals surface area contributed by atoms with Gasteiger partial charge in [0.05, 0.1) is 17.2 Å². The predicted octanol–water partition coefficient (Wildman–Crippen LogP) is 4.63. The first-order valence-electron chi connectivity index (χ1n) is 13.8. The number of carbonyl (C=O) groups is 3. The highest BCUT2D eigenvalue weighted by Gasteiger charge is 2.22. The average Bonchev–Trinajstić information content (AvgIpc) is 3.33. The maximum absolute atomic E-state index is 12.1. The number of rotatable bonds is 10. The maximum atomic E-state index is 12.1. The highest BCUT2D eigenvalue weighted by atomic mass is 32.1. The summed E-state index contributed by atoms with van der Waals surface area (Å²) in [6, 6.07) is 0.187. The van der Waals surface area contributed by atoms with Crippen LogP contribution < -0.4 is 16.0 Å². The number of urea groups is 1. The fourth-order valence-corrected chi connectivity index (χ4v) is 5.58. The first-order valence-corrected chi connectivity index (χ1v) is 14.7. The molecule has 0 saturated heterocycles. The molecule has 0 radical (unpaired) electrons. The topological polar surface area (TPSA) is 124 Å². The second kappa shape index (κ2) is 16.6. The summed E-state index contributed by atoms with van der Waals surface area (Å²) in [7, 11) is 1.58. The van der Waals surface area contributed by atoms with Crippen molar-refractivity contribution in [2.45, 2.75) is 122 Å². The molecule has 3 rings (SSSR count). The number of carbonyl (C=O) groups excluding carboxylic acids is 2. The molecule has 1 heterocycles. The van der Waals surface area contributed by atoms with Gasteiger partial charge in [-0.25, -0.2) is 14.6 Å². The number of thiazole rings is 1. The van der Waals surface area contributed by atoms with Gasteiger partial charge in [-0.1, -0.05) is 52.4 Å². The number of amides is 3. The van der Waals surface area contributed by atoms with Crippen molar-refractivity contribution >= 4 is 29.2 Å². The zero-order chi connectivity index (χ0) is 27.2. The van der Waals surface area contributed by atoms with E-state index < -0.39 is 18.0 Å². The molecule has 2 saturated carbocycles. The van der Waals surface area contributed by atoms with Gasteiger partial charge in [-0.3, -0.25) is 4.79 Å². The molecule has 1 aromatic heterocycles. The summed E-state index contributed by atoms with van der Waals surface area (Å²) in [5, 5.41) is 20.9. The Morgan fingerprint density at radius 1 is 1.05 bits per heavy atom. The summed E-state index contributed by atoms with van der Waals surface area (Å²) in [6.07, 6.45) is 14.7. The fraction of sp³-hybridized carbons (Fsp3) is 0.778. The smallest absolute Gasteiger partial charge is 0.326 e. The van der Waals surface area contributed by atoms with Gasteiger partial charge in [0.2, 0.25) is 5.91 Å². The largest absolute Gasteiger partial charge is 0.480 e. The molecule has 2 aliphatic carbocycles. The van der Waals surface area contributed by atoms with Gasteiger partial charge < -0.3 is 26.0 Å². The molecule has 4 N–H and O–H groups in total. The molecule has 37 heavy (non-hydrogen) atoms. The van der Waals surface area contributed by atoms with E-state index in [0.29, 0.717) is 12.5 Å². The van der Waals surface area contributed by atoms with E-state index in [1.165, 1.54) is 76.0 Å². The summed E-state index contributed by atoms with van der Waals surface area (Å²) in [4.78, 5) is 40.0. The Kier molecular flexibility index (Phi) is 13.9. The summed E-state index contributed by atoms with van der Waals surface area (Å²) in [6.45, 7) is 5.92. The van der Waals surface area contributed by atoms with Crippen molar-refractivity contribution in [3.8, 4) is 0 Å². The first-order chi connectivity index (χ1) is 17.7. The van der Waals surface area contributed by atoms with Crippen molar-refractivity contribution in [3.05, 3.63) is 16.1 Å². The highest BCUT2D eigenvalue weighted by molar-refractivity contribution is 7.09. The van der Waals surface area contributed by atoms with E-state index in [1.54, 1.807) is 18.4 Å². The Morgan fingerprint density at radius 3 is 2.08 bits per heavy atom. The molecule has 0 bridgehead atoms. The van der Waals surface area contributed by atoms with Crippen LogP contribution in [0.1, 0.15) is 108 Å². The Bertz CT molecular complexity index is 819. The standard InChI is InChI=1S/C15H24N4O4S.C12H23N/c1-9(2)13-17-11(8-24-13)7-19(4)15(23)18-12(14(21)22)5-6-16-10(3)20;1-3-7-11(8-4-1)13-12-9-5-2-6-10-12/h8-9,12H,5-7H2,1-4H3,(H,16,20)(H,18,23)(H,21,22);11-13H,1-10H2/t12-;/m0./s1. The van der Waals surface area contributed by atoms with Crippen LogP contribution in [0.15, 0.2) is 5.38 Å². The van der Waals surface area contributed by atoms with E-state index in [0.717, 1.165) is 22.8 Å². The highest BCUT2D eigenvalue weighted by Crippen LogP contribution is 2.23. The van der Waals surface area contributed by atoms with Gasteiger partial charge in [-0.15, -0.1) is 11.3 Å². The molecule has 1 atom stereocenters. The minimum atomic E-state index is -1.14. The maximum Gasteiger partial charge on any atom is 0.326 e. The zero-order valence-corrected chi connectivity index (χ0v) is 23.9. The summed E-state index contributed by atoms with van der Waals surface area (Å²) in [5.74, 6) is -1.06. The van der Waals surface area contributed by atoms with Crippen LogP contribution in [-0.4, -0.2) is 64.6 Å². The number of nitrogens with zero attached hydrogens (tertiary/aromatic N) is 2. The van der Waals surface area contributed by atoms with E-state index in [4.69, 9.17) is 5.11 Å². The van der Waals surface area contributed by atoms with Crippen LogP contribution in [-0.2, 0) is 16.1 Å². The second-order valence-electron chi connectivity index (χ2n) is 10.6. The van der Waals surface area contributed by atoms with Gasteiger partial charge >= 0.3 is 12.0 Å². The third kappa shape index (κ3) is 12.3. The van der Waals surface area contributed by atoms with E-state index in [9.17, 15) is 14.4 Å². The van der Waals surface area contributed by atoms with Crippen molar-refractivity contribution in [1.29, 1.82) is 0 Å². The molecule has 0 unspecified atom stereocenters. The van der Waals surface area contributed by atoms with E-state index in [1.807, 2.05) is 19.2 Å². The minimum absolute atomic E-state index is 0.114. The predicted molar refractivity (Wildman–Crippen MR) is 148 cm³/mol. The van der Waals surface area contributed by atoms with Gasteiger partial charge in [0.1, 0.15) is 6.04 Å². The first kappa shape index (κ1) is 31.0. The lowest BCUT2D eigenvalue weighted by atomic mass is 9.91. The summed E-state index contributed by atoms with van der Waals surface area (Å²) >= 11 is 1.54. The molecule has 1 aromatic rings. The van der Waals surface area contributed by atoms with Gasteiger partial charge in [0, 0.05) is 43.9 Å². The SMILES string of the molecule is C1CCC(NC2CCCCC2)CC1.CC(=O)NCC[C@H](NC(=O)N(C)Cc1csc(C(C)C)n1)C(=O)O. The number of hydrogen-bond donors (Lipinski definition) is 4. The van der Waals surface area contributed by atoms with Crippen LogP contribution in [0.25, 0.3) is 0 Å². The quantitative estimate of drug-likeness (QED) is 0.345. The number of hydrogen-bond acceptors (Lipinski definition) is 6. The number of carboxylic acids is 1. The van der Waals surface area contributed by atoms with Crippen LogP contribution in [0.5, 0.6) is 0 Å². The summed E-state index contributed by atoms with van der Waals surface area (Å²) in [5.41, 5.74) is 0.770. The summed E-state index contributed by atoms with van der Waals surface area (Å²) < 4.78 is 0. The van der Waals surface area contributed by atoms with Crippen LogP contribution in [0.2, 0.25) is 0 Å². The van der Waals surface area contributed by atoms with Crippen LogP contribution >= 0.6 is 11.3 Å². The van der Waals surface area contributed by atoms with Gasteiger partial charge in [0.25, 0.3) is 0 Å². The molecule has 0 spiro atoms. The Labute approximate surface area is 226 Å². The van der Waals surface area contributed by atoms with Crippen molar-refractivity contribution < 1.29 is 19.5 Å². The van der Waals surface area contributed by atoms with E-state index in [-0.39, 0.29) is 18.9 Å². The Balaban J connectivity index is 0.000000308. The third-order valence-corrected chi connectivity index (χ3v) is 8.09. The van der Waals surface area contributed by atoms with Crippen LogP contribution in [0.4, 0.5) is 4.79 Å². The fourth-order valence-electron chi connectivity index (χ4n) is 4.76. The number of aromatic nitrogens is 1. The lowest BCUT2D eigenvalue weighted by molar-refractivity contribution is -0.139. The lowest BCUT2D eigenvalue weighted by Crippen LogP contribution is -2.47. The minimum Gasteiger partial charge on any atom is -0.480 e. The average molecular weight is 538 g/mol. The van der Waals surface area contributed by atoms with Crippen molar-refractivity contribution in [1.82, 2.24) is 25.8 Å². The molecule has 10 heteroatoms. The van der Waals surface area contributed by atoms with Gasteiger partial charge in [-0.05, 0) is 32.1 Å². The molecule has 210 valence electrons. The molecule has 2 aliphatic rings. The van der Waals surface area contributed by atoms with E-state index >= 15 is 0 Å². The van der Waals surface area contributed by atoms with Crippen LogP contribution in [0.3, 0.4) is 0 Å². The second-order valence-corrected chi connectivity index (χ2v) is 11.5. The van der Waals surface area contributed by atoms with E-state index in [2.05, 4.69) is 20.9 Å². The molecule has 9 nitrogen and oxygen atoms in total. The van der Waals surface area contributed by atoms with Crippen molar-refractivity contribution in [2.24, 2.45) is 0 Å². The molecule has 0 aliphatic heterocycles. The number of aliphatic carboxylic acids is 1. The molecule has 0 aromatic carbocycles. The van der Waals surface area contributed by atoms with Crippen molar-refractivity contribution in [2.75, 3.05) is 13.6 Å². The molecular formula is C27H47N5O4S. The zero-order valence-electron chi connectivity index (χ0n) is 23.1. The third-order valence-electron chi connectivity index (χ3n) is 6.89. The number of carboxylic acid groups (broad SMARTS) is 1. The lowest BCUT2D eigenvalue weighted by Gasteiger charge is -2.30. The molecule has 2 fully saturated rings. The van der Waals surface area contributed by atoms with Gasteiger partial charge in [0.15, 0.2) is 0 Å². The van der Waals surface area contributed by atoms with Crippen LogP contribution in [0, 0.1) is 0 Å². The normalized spacial score (nSPS) is 17.4. The molecular weight excluding hydrogens is 490 g/mol. The number of nitrogens with one attached hydrogen (secondary N) is 3.